The summed E-state index contributed by atoms with van der Waals surface area (Å²) in [6.07, 6.45) is 1.60. The van der Waals surface area contributed by atoms with E-state index in [0.717, 1.165) is 16.3 Å². The molecule has 22 heavy (non-hydrogen) atoms. The Balaban J connectivity index is 2.03. The fraction of sp³-hybridized carbons (Fsp3) is 0. The summed E-state index contributed by atoms with van der Waals surface area (Å²) in [7, 11) is 0. The first-order valence-corrected chi connectivity index (χ1v) is 6.64. The summed E-state index contributed by atoms with van der Waals surface area (Å²) < 4.78 is 0. The van der Waals surface area contributed by atoms with Crippen LogP contribution in [-0.2, 0) is 0 Å². The minimum atomic E-state index is -0.517. The van der Waals surface area contributed by atoms with Crippen LogP contribution in [0.4, 0.5) is 11.4 Å². The van der Waals surface area contributed by atoms with Gasteiger partial charge in [0.1, 0.15) is 11.4 Å². The summed E-state index contributed by atoms with van der Waals surface area (Å²) in [5.41, 5.74) is 0.939. The van der Waals surface area contributed by atoms with Gasteiger partial charge < -0.3 is 5.11 Å². The minimum absolute atomic E-state index is 0.0953. The summed E-state index contributed by atoms with van der Waals surface area (Å²) in [4.78, 5) is 14.5. The molecule has 5 heteroatoms. The zero-order valence-electron chi connectivity index (χ0n) is 11.5. The lowest BCUT2D eigenvalue weighted by Crippen LogP contribution is -1.87. The minimum Gasteiger partial charge on any atom is -0.506 e. The van der Waals surface area contributed by atoms with Gasteiger partial charge in [-0.05, 0) is 16.8 Å². The van der Waals surface area contributed by atoms with Gasteiger partial charge in [0.25, 0.3) is 5.69 Å². The van der Waals surface area contributed by atoms with E-state index in [0.29, 0.717) is 0 Å². The summed E-state index contributed by atoms with van der Waals surface area (Å²) in [5, 5.41) is 22.7. The van der Waals surface area contributed by atoms with Crippen molar-refractivity contribution in [1.29, 1.82) is 0 Å². The van der Waals surface area contributed by atoms with Crippen LogP contribution in [0, 0.1) is 10.1 Å². The molecule has 0 unspecified atom stereocenters. The molecule has 0 aliphatic heterocycles. The lowest BCUT2D eigenvalue weighted by molar-refractivity contribution is -0.384. The second-order valence-corrected chi connectivity index (χ2v) is 4.76. The molecule has 0 saturated carbocycles. The van der Waals surface area contributed by atoms with E-state index in [1.54, 1.807) is 6.21 Å². The SMILES string of the molecule is O=[N+]([O-])c1ccc(O)c(N=Cc2cccc3ccccc23)c1. The van der Waals surface area contributed by atoms with Crippen LogP contribution in [0.3, 0.4) is 0 Å². The fourth-order valence-corrected chi connectivity index (χ4v) is 2.23. The van der Waals surface area contributed by atoms with Gasteiger partial charge >= 0.3 is 0 Å². The van der Waals surface area contributed by atoms with Gasteiger partial charge in [-0.2, -0.15) is 0 Å². The molecule has 0 atom stereocenters. The summed E-state index contributed by atoms with van der Waals surface area (Å²) >= 11 is 0. The van der Waals surface area contributed by atoms with Crippen LogP contribution in [0.5, 0.6) is 5.75 Å². The molecule has 3 aromatic rings. The molecule has 3 rings (SSSR count). The predicted molar refractivity (Wildman–Crippen MR) is 86.0 cm³/mol. The summed E-state index contributed by atoms with van der Waals surface area (Å²) in [6.45, 7) is 0. The smallest absolute Gasteiger partial charge is 0.271 e. The first kappa shape index (κ1) is 13.8. The zero-order valence-corrected chi connectivity index (χ0v) is 11.5. The second kappa shape index (κ2) is 5.65. The van der Waals surface area contributed by atoms with E-state index < -0.39 is 4.92 Å². The summed E-state index contributed by atoms with van der Waals surface area (Å²) in [5.74, 6) is -0.0953. The van der Waals surface area contributed by atoms with Crippen LogP contribution in [0.15, 0.2) is 65.7 Å². The highest BCUT2D eigenvalue weighted by molar-refractivity contribution is 6.00. The van der Waals surface area contributed by atoms with Crippen molar-refractivity contribution >= 4 is 28.4 Å². The first-order chi connectivity index (χ1) is 10.6. The van der Waals surface area contributed by atoms with Crippen LogP contribution in [0.1, 0.15) is 5.56 Å². The van der Waals surface area contributed by atoms with Crippen LogP contribution < -0.4 is 0 Å². The number of aliphatic imine (C=N–C) groups is 1. The Morgan fingerprint density at radius 2 is 1.82 bits per heavy atom. The first-order valence-electron chi connectivity index (χ1n) is 6.64. The summed E-state index contributed by atoms with van der Waals surface area (Å²) in [6, 6.07) is 17.4. The number of non-ortho nitro benzene ring substituents is 1. The normalized spacial score (nSPS) is 11.1. The number of nitro benzene ring substituents is 1. The van der Waals surface area contributed by atoms with Crippen molar-refractivity contribution in [2.24, 2.45) is 4.99 Å². The molecular formula is C17H12N2O3. The Morgan fingerprint density at radius 3 is 2.64 bits per heavy atom. The van der Waals surface area contributed by atoms with E-state index in [9.17, 15) is 15.2 Å². The number of hydrogen-bond donors (Lipinski definition) is 1. The topological polar surface area (TPSA) is 75.7 Å². The average molecular weight is 292 g/mol. The number of hydrogen-bond acceptors (Lipinski definition) is 4. The van der Waals surface area contributed by atoms with Gasteiger partial charge in [-0.15, -0.1) is 0 Å². The monoisotopic (exact) mass is 292 g/mol. The second-order valence-electron chi connectivity index (χ2n) is 4.76. The van der Waals surface area contributed by atoms with Gasteiger partial charge in [-0.3, -0.25) is 15.1 Å². The van der Waals surface area contributed by atoms with Crippen molar-refractivity contribution in [3.8, 4) is 5.75 Å². The van der Waals surface area contributed by atoms with Crippen molar-refractivity contribution in [1.82, 2.24) is 0 Å². The van der Waals surface area contributed by atoms with E-state index in [1.165, 1.54) is 18.2 Å². The molecule has 5 nitrogen and oxygen atoms in total. The van der Waals surface area contributed by atoms with E-state index in [1.807, 2.05) is 42.5 Å². The van der Waals surface area contributed by atoms with Crippen molar-refractivity contribution in [3.63, 3.8) is 0 Å². The molecule has 0 bridgehead atoms. The molecule has 0 saturated heterocycles. The van der Waals surface area contributed by atoms with Crippen LogP contribution >= 0.6 is 0 Å². The molecular weight excluding hydrogens is 280 g/mol. The van der Waals surface area contributed by atoms with E-state index in [2.05, 4.69) is 4.99 Å². The van der Waals surface area contributed by atoms with E-state index >= 15 is 0 Å². The molecule has 0 spiro atoms. The molecule has 0 amide bonds. The van der Waals surface area contributed by atoms with Gasteiger partial charge in [-0.1, -0.05) is 42.5 Å². The average Bonchev–Trinajstić information content (AvgIpc) is 2.54. The number of nitro groups is 1. The maximum Gasteiger partial charge on any atom is 0.271 e. The maximum atomic E-state index is 10.8. The third-order valence-electron chi connectivity index (χ3n) is 3.34. The number of phenols is 1. The van der Waals surface area contributed by atoms with Gasteiger partial charge in [0, 0.05) is 23.9 Å². The third kappa shape index (κ3) is 2.64. The fourth-order valence-electron chi connectivity index (χ4n) is 2.23. The molecule has 0 fully saturated rings. The molecule has 0 radical (unpaired) electrons. The van der Waals surface area contributed by atoms with Gasteiger partial charge in [0.2, 0.25) is 0 Å². The highest BCUT2D eigenvalue weighted by Gasteiger charge is 2.09. The Kier molecular flexibility index (Phi) is 3.53. The molecule has 0 aliphatic carbocycles. The Labute approximate surface area is 126 Å². The van der Waals surface area contributed by atoms with Crippen molar-refractivity contribution in [2.75, 3.05) is 0 Å². The van der Waals surface area contributed by atoms with Crippen molar-refractivity contribution in [3.05, 3.63) is 76.3 Å². The number of rotatable bonds is 3. The highest BCUT2D eigenvalue weighted by atomic mass is 16.6. The molecule has 0 aromatic heterocycles. The van der Waals surface area contributed by atoms with Gasteiger partial charge in [0.15, 0.2) is 0 Å². The molecule has 3 aromatic carbocycles. The Hall–Kier alpha value is -3.21. The maximum absolute atomic E-state index is 10.8. The quantitative estimate of drug-likeness (QED) is 0.446. The van der Waals surface area contributed by atoms with Gasteiger partial charge in [-0.25, -0.2) is 0 Å². The highest BCUT2D eigenvalue weighted by Crippen LogP contribution is 2.30. The number of benzene rings is 3. The van der Waals surface area contributed by atoms with Crippen LogP contribution in [-0.4, -0.2) is 16.2 Å². The Bertz CT molecular complexity index is 883. The molecule has 0 heterocycles. The largest absolute Gasteiger partial charge is 0.506 e. The Morgan fingerprint density at radius 1 is 1.05 bits per heavy atom. The van der Waals surface area contributed by atoms with E-state index in [4.69, 9.17) is 0 Å². The number of phenolic OH excluding ortho intramolecular Hbond substituents is 1. The molecule has 0 aliphatic rings. The predicted octanol–water partition coefficient (Wildman–Crippen LogP) is 4.20. The number of fused-ring (bicyclic) bond motifs is 1. The van der Waals surface area contributed by atoms with Crippen molar-refractivity contribution < 1.29 is 10.0 Å². The lowest BCUT2D eigenvalue weighted by atomic mass is 10.1. The standard InChI is InChI=1S/C17H12N2O3/c20-17-9-8-14(19(21)22)10-16(17)18-11-13-6-3-5-12-4-1-2-7-15(12)13/h1-11,20H. The molecule has 108 valence electrons. The van der Waals surface area contributed by atoms with Crippen molar-refractivity contribution in [2.45, 2.75) is 0 Å². The third-order valence-corrected chi connectivity index (χ3v) is 3.34. The number of aromatic hydroxyl groups is 1. The number of nitrogens with zero attached hydrogens (tertiary/aromatic N) is 2. The van der Waals surface area contributed by atoms with Crippen LogP contribution in [0.2, 0.25) is 0 Å². The zero-order chi connectivity index (χ0) is 15.5. The molecule has 1 N–H and O–H groups in total. The van der Waals surface area contributed by atoms with E-state index in [-0.39, 0.29) is 17.1 Å². The lowest BCUT2D eigenvalue weighted by Gasteiger charge is -2.02. The van der Waals surface area contributed by atoms with Gasteiger partial charge in [0.05, 0.1) is 4.92 Å². The van der Waals surface area contributed by atoms with Crippen LogP contribution in [0.25, 0.3) is 10.8 Å².